The zero-order valence-corrected chi connectivity index (χ0v) is 13.8. The van der Waals surface area contributed by atoms with Gasteiger partial charge in [0, 0.05) is 30.6 Å². The van der Waals surface area contributed by atoms with Gasteiger partial charge in [0.15, 0.2) is 0 Å². The summed E-state index contributed by atoms with van der Waals surface area (Å²) >= 11 is 0. The fourth-order valence-corrected chi connectivity index (χ4v) is 2.73. The van der Waals surface area contributed by atoms with Crippen LogP contribution in [0.4, 0.5) is 0 Å². The smallest absolute Gasteiger partial charge is 0.336 e. The summed E-state index contributed by atoms with van der Waals surface area (Å²) < 4.78 is 1.65. The van der Waals surface area contributed by atoms with Crippen LogP contribution in [0.3, 0.4) is 0 Å². The molecule has 0 aliphatic rings. The number of aromatic carboxylic acids is 1. The minimum atomic E-state index is -0.940. The highest BCUT2D eigenvalue weighted by Crippen LogP contribution is 2.16. The second-order valence-electron chi connectivity index (χ2n) is 5.90. The van der Waals surface area contributed by atoms with Crippen molar-refractivity contribution in [3.8, 4) is 0 Å². The Balaban J connectivity index is 1.78. The number of hydrogen-bond donors (Lipinski definition) is 1. The summed E-state index contributed by atoms with van der Waals surface area (Å²) in [6.07, 6.45) is 3.86. The van der Waals surface area contributed by atoms with Crippen LogP contribution in [0.25, 0.3) is 0 Å². The maximum atomic E-state index is 11.8. The van der Waals surface area contributed by atoms with Crippen molar-refractivity contribution in [1.29, 1.82) is 0 Å². The molecule has 0 bridgehead atoms. The van der Waals surface area contributed by atoms with Gasteiger partial charge < -0.3 is 9.67 Å². The second-order valence-corrected chi connectivity index (χ2v) is 5.90. The Labute approximate surface area is 145 Å². The molecule has 0 saturated heterocycles. The van der Waals surface area contributed by atoms with Crippen LogP contribution in [-0.4, -0.2) is 20.6 Å². The quantitative estimate of drug-likeness (QED) is 0.779. The van der Waals surface area contributed by atoms with Crippen molar-refractivity contribution in [2.45, 2.75) is 19.9 Å². The highest BCUT2D eigenvalue weighted by atomic mass is 16.4. The van der Waals surface area contributed by atoms with Crippen molar-refractivity contribution < 1.29 is 9.90 Å². The highest BCUT2D eigenvalue weighted by molar-refractivity contribution is 5.89. The molecule has 0 saturated carbocycles. The number of benzene rings is 1. The van der Waals surface area contributed by atoms with Crippen molar-refractivity contribution in [3.05, 3.63) is 99.2 Å². The molecule has 0 radical (unpaired) electrons. The minimum absolute atomic E-state index is 0.0307. The first kappa shape index (κ1) is 16.6. The number of carbonyl (C=O) groups is 1. The normalized spacial score (nSPS) is 10.6. The standard InChI is InChI=1S/C20H18N2O3/c1-14-17(20(24)25)9-10-21-18(14)12-15-5-7-16(8-6-15)13-22-11-3-2-4-19(22)23/h2-11H,12-13H2,1H3,(H,24,25). The third-order valence-electron chi connectivity index (χ3n) is 4.19. The molecular weight excluding hydrogens is 316 g/mol. The number of carboxylic acid groups (broad SMARTS) is 1. The molecule has 3 aromatic rings. The van der Waals surface area contributed by atoms with Gasteiger partial charge in [-0.15, -0.1) is 0 Å². The highest BCUT2D eigenvalue weighted by Gasteiger charge is 2.11. The van der Waals surface area contributed by atoms with E-state index in [9.17, 15) is 14.7 Å². The van der Waals surface area contributed by atoms with Crippen molar-refractivity contribution >= 4 is 5.97 Å². The van der Waals surface area contributed by atoms with Crippen LogP contribution in [0, 0.1) is 6.92 Å². The summed E-state index contributed by atoms with van der Waals surface area (Å²) in [6.45, 7) is 2.30. The van der Waals surface area contributed by atoms with E-state index in [4.69, 9.17) is 0 Å². The van der Waals surface area contributed by atoms with Crippen LogP contribution in [0.15, 0.2) is 65.7 Å². The Morgan fingerprint density at radius 2 is 1.80 bits per heavy atom. The van der Waals surface area contributed by atoms with E-state index in [0.717, 1.165) is 16.8 Å². The third kappa shape index (κ3) is 3.83. The van der Waals surface area contributed by atoms with Gasteiger partial charge >= 0.3 is 5.97 Å². The van der Waals surface area contributed by atoms with Crippen LogP contribution >= 0.6 is 0 Å². The van der Waals surface area contributed by atoms with Gasteiger partial charge in [0.05, 0.1) is 12.1 Å². The molecule has 3 rings (SSSR count). The predicted molar refractivity (Wildman–Crippen MR) is 95.0 cm³/mol. The van der Waals surface area contributed by atoms with Gasteiger partial charge in [-0.05, 0) is 35.7 Å². The van der Waals surface area contributed by atoms with Crippen LogP contribution in [-0.2, 0) is 13.0 Å². The second kappa shape index (κ2) is 7.13. The van der Waals surface area contributed by atoms with E-state index in [1.54, 1.807) is 23.8 Å². The topological polar surface area (TPSA) is 72.2 Å². The van der Waals surface area contributed by atoms with E-state index >= 15 is 0 Å². The minimum Gasteiger partial charge on any atom is -0.478 e. The number of pyridine rings is 2. The molecule has 25 heavy (non-hydrogen) atoms. The first-order valence-corrected chi connectivity index (χ1v) is 7.95. The molecule has 1 N–H and O–H groups in total. The van der Waals surface area contributed by atoms with Crippen molar-refractivity contribution in [3.63, 3.8) is 0 Å². The van der Waals surface area contributed by atoms with E-state index < -0.39 is 5.97 Å². The predicted octanol–water partition coefficient (Wildman–Crippen LogP) is 2.89. The SMILES string of the molecule is Cc1c(C(=O)O)ccnc1Cc1ccc(Cn2ccccc2=O)cc1. The summed E-state index contributed by atoms with van der Waals surface area (Å²) in [5, 5.41) is 9.20. The first-order valence-electron chi connectivity index (χ1n) is 7.95. The number of aromatic nitrogens is 2. The molecule has 0 fully saturated rings. The molecule has 0 aliphatic carbocycles. The van der Waals surface area contributed by atoms with Gasteiger partial charge in [-0.25, -0.2) is 4.79 Å². The molecule has 0 unspecified atom stereocenters. The molecule has 0 spiro atoms. The Hall–Kier alpha value is -3.21. The maximum absolute atomic E-state index is 11.8. The van der Waals surface area contributed by atoms with Crippen LogP contribution in [0.5, 0.6) is 0 Å². The Morgan fingerprint density at radius 3 is 2.48 bits per heavy atom. The molecule has 2 heterocycles. The van der Waals surface area contributed by atoms with Gasteiger partial charge in [0.1, 0.15) is 0 Å². The van der Waals surface area contributed by atoms with Crippen molar-refractivity contribution in [2.24, 2.45) is 0 Å². The fraction of sp³-hybridized carbons (Fsp3) is 0.150. The number of nitrogens with zero attached hydrogens (tertiary/aromatic N) is 2. The average molecular weight is 334 g/mol. The largest absolute Gasteiger partial charge is 0.478 e. The van der Waals surface area contributed by atoms with Crippen LogP contribution < -0.4 is 5.56 Å². The summed E-state index contributed by atoms with van der Waals surface area (Å²) in [6, 6.07) is 14.5. The lowest BCUT2D eigenvalue weighted by Gasteiger charge is -2.09. The zero-order chi connectivity index (χ0) is 17.8. The molecule has 2 aromatic heterocycles. The van der Waals surface area contributed by atoms with Crippen molar-refractivity contribution in [2.75, 3.05) is 0 Å². The summed E-state index contributed by atoms with van der Waals surface area (Å²) in [4.78, 5) is 27.3. The number of hydrogen-bond acceptors (Lipinski definition) is 3. The van der Waals surface area contributed by atoms with E-state index in [2.05, 4.69) is 4.98 Å². The first-order chi connectivity index (χ1) is 12.0. The summed E-state index contributed by atoms with van der Waals surface area (Å²) in [7, 11) is 0. The number of rotatable bonds is 5. The van der Waals surface area contributed by atoms with Gasteiger partial charge in [-0.3, -0.25) is 9.78 Å². The van der Waals surface area contributed by atoms with E-state index in [0.29, 0.717) is 18.5 Å². The van der Waals surface area contributed by atoms with E-state index in [1.807, 2.05) is 30.3 Å². The molecule has 1 aromatic carbocycles. The van der Waals surface area contributed by atoms with Crippen LogP contribution in [0.2, 0.25) is 0 Å². The monoisotopic (exact) mass is 334 g/mol. The Kier molecular flexibility index (Phi) is 4.75. The maximum Gasteiger partial charge on any atom is 0.336 e. The third-order valence-corrected chi connectivity index (χ3v) is 4.19. The summed E-state index contributed by atoms with van der Waals surface area (Å²) in [5.74, 6) is -0.940. The van der Waals surface area contributed by atoms with Gasteiger partial charge in [0.25, 0.3) is 5.56 Å². The molecule has 0 aliphatic heterocycles. The van der Waals surface area contributed by atoms with Crippen LogP contribution in [0.1, 0.15) is 32.7 Å². The van der Waals surface area contributed by atoms with Gasteiger partial charge in [-0.1, -0.05) is 30.3 Å². The number of carboxylic acids is 1. The molecule has 126 valence electrons. The van der Waals surface area contributed by atoms with E-state index in [1.165, 1.54) is 18.3 Å². The lowest BCUT2D eigenvalue weighted by atomic mass is 10.0. The van der Waals surface area contributed by atoms with Crippen molar-refractivity contribution in [1.82, 2.24) is 9.55 Å². The van der Waals surface area contributed by atoms with Gasteiger partial charge in [0.2, 0.25) is 0 Å². The Morgan fingerprint density at radius 1 is 1.08 bits per heavy atom. The molecule has 0 atom stereocenters. The fourth-order valence-electron chi connectivity index (χ4n) is 2.73. The lowest BCUT2D eigenvalue weighted by molar-refractivity contribution is 0.0696. The average Bonchev–Trinajstić information content (AvgIpc) is 2.60. The zero-order valence-electron chi connectivity index (χ0n) is 13.8. The molecule has 0 amide bonds. The molecule has 5 heteroatoms. The molecular formula is C20H18N2O3. The molecule has 5 nitrogen and oxygen atoms in total. The van der Waals surface area contributed by atoms with Gasteiger partial charge in [-0.2, -0.15) is 0 Å². The summed E-state index contributed by atoms with van der Waals surface area (Å²) in [5.41, 5.74) is 3.77. The van der Waals surface area contributed by atoms with E-state index in [-0.39, 0.29) is 11.1 Å². The Bertz CT molecular complexity index is 959. The lowest BCUT2D eigenvalue weighted by Crippen LogP contribution is -2.18.